The molecule has 0 radical (unpaired) electrons. The normalized spacial score (nSPS) is 12.4. The summed E-state index contributed by atoms with van der Waals surface area (Å²) in [6, 6.07) is 8.32. The molecule has 0 aliphatic heterocycles. The molecule has 0 bridgehead atoms. The van der Waals surface area contributed by atoms with Crippen LogP contribution in [0.4, 0.5) is 4.79 Å². The van der Waals surface area contributed by atoms with Crippen LogP contribution in [0, 0.1) is 0 Å². The number of rotatable bonds is 4. The molecule has 116 valence electrons. The Hall–Kier alpha value is -2.08. The van der Waals surface area contributed by atoms with Crippen molar-refractivity contribution in [3.05, 3.63) is 35.9 Å². The molecular weight excluding hydrogens is 272 g/mol. The van der Waals surface area contributed by atoms with Crippen LogP contribution in [0.2, 0.25) is 0 Å². The maximum absolute atomic E-state index is 11.9. The molecule has 0 aromatic heterocycles. The molecule has 2 N–H and O–H groups in total. The molecule has 0 aliphatic carbocycles. The first-order valence-electron chi connectivity index (χ1n) is 6.68. The molecule has 1 atom stereocenters. The third kappa shape index (κ3) is 5.83. The highest BCUT2D eigenvalue weighted by molar-refractivity contribution is 5.80. The lowest BCUT2D eigenvalue weighted by Gasteiger charge is -2.27. The highest BCUT2D eigenvalue weighted by Gasteiger charge is 2.28. The Morgan fingerprint density at radius 1 is 1.24 bits per heavy atom. The van der Waals surface area contributed by atoms with Crippen LogP contribution in [-0.4, -0.2) is 28.7 Å². The summed E-state index contributed by atoms with van der Waals surface area (Å²) in [4.78, 5) is 23.6. The number of nitrogens with zero attached hydrogens (tertiary/aromatic N) is 1. The van der Waals surface area contributed by atoms with E-state index in [2.05, 4.69) is 0 Å². The third-order valence-electron chi connectivity index (χ3n) is 2.59. The van der Waals surface area contributed by atoms with Gasteiger partial charge in [-0.1, -0.05) is 30.3 Å². The van der Waals surface area contributed by atoms with Gasteiger partial charge in [0.25, 0.3) is 0 Å². The van der Waals surface area contributed by atoms with Crippen LogP contribution in [0.5, 0.6) is 0 Å². The van der Waals surface area contributed by atoms with Crippen LogP contribution in [0.3, 0.4) is 0 Å². The Morgan fingerprint density at radius 2 is 1.81 bits per heavy atom. The Labute approximate surface area is 124 Å². The maximum Gasteiger partial charge on any atom is 0.425 e. The lowest BCUT2D eigenvalue weighted by atomic mass is 10.2. The van der Waals surface area contributed by atoms with Crippen molar-refractivity contribution in [2.75, 3.05) is 0 Å². The maximum atomic E-state index is 11.9. The SMILES string of the molecule is C[C@H](C(=O)OCc1ccccc1)N(N)C(=O)OC(C)(C)C. The van der Waals surface area contributed by atoms with Gasteiger partial charge >= 0.3 is 12.1 Å². The van der Waals surface area contributed by atoms with Crippen LogP contribution in [-0.2, 0) is 20.9 Å². The van der Waals surface area contributed by atoms with Crippen LogP contribution >= 0.6 is 0 Å². The van der Waals surface area contributed by atoms with Gasteiger partial charge < -0.3 is 9.47 Å². The summed E-state index contributed by atoms with van der Waals surface area (Å²) >= 11 is 0. The van der Waals surface area contributed by atoms with Crippen molar-refractivity contribution in [1.29, 1.82) is 0 Å². The van der Waals surface area contributed by atoms with Crippen LogP contribution in [0.25, 0.3) is 0 Å². The van der Waals surface area contributed by atoms with Gasteiger partial charge in [0.1, 0.15) is 18.2 Å². The van der Waals surface area contributed by atoms with E-state index in [1.165, 1.54) is 6.92 Å². The van der Waals surface area contributed by atoms with Gasteiger partial charge in [-0.3, -0.25) is 0 Å². The third-order valence-corrected chi connectivity index (χ3v) is 2.59. The molecule has 0 saturated carbocycles. The fourth-order valence-corrected chi connectivity index (χ4v) is 1.44. The summed E-state index contributed by atoms with van der Waals surface area (Å²) in [5.41, 5.74) is 0.182. The molecule has 0 heterocycles. The van der Waals surface area contributed by atoms with E-state index in [-0.39, 0.29) is 6.61 Å². The molecule has 0 aliphatic rings. The minimum Gasteiger partial charge on any atom is -0.459 e. The molecule has 1 rings (SSSR count). The number of amides is 1. The van der Waals surface area contributed by atoms with Crippen molar-refractivity contribution < 1.29 is 19.1 Å². The zero-order chi connectivity index (χ0) is 16.0. The smallest absolute Gasteiger partial charge is 0.425 e. The minimum absolute atomic E-state index is 0.131. The number of esters is 1. The van der Waals surface area contributed by atoms with Crippen molar-refractivity contribution in [1.82, 2.24) is 5.01 Å². The van der Waals surface area contributed by atoms with Gasteiger partial charge in [-0.05, 0) is 33.3 Å². The average Bonchev–Trinajstić information content (AvgIpc) is 2.42. The van der Waals surface area contributed by atoms with Crippen molar-refractivity contribution in [3.8, 4) is 0 Å². The molecule has 0 unspecified atom stereocenters. The van der Waals surface area contributed by atoms with E-state index >= 15 is 0 Å². The molecule has 1 aromatic carbocycles. The number of hydrogen-bond acceptors (Lipinski definition) is 5. The topological polar surface area (TPSA) is 81.9 Å². The van der Waals surface area contributed by atoms with Crippen molar-refractivity contribution >= 4 is 12.1 Å². The molecule has 0 saturated heterocycles. The van der Waals surface area contributed by atoms with Gasteiger partial charge in [0.15, 0.2) is 0 Å². The van der Waals surface area contributed by atoms with E-state index in [0.717, 1.165) is 10.6 Å². The van der Waals surface area contributed by atoms with E-state index in [9.17, 15) is 9.59 Å². The molecule has 1 aromatic rings. The first-order valence-corrected chi connectivity index (χ1v) is 6.68. The quantitative estimate of drug-likeness (QED) is 0.398. The van der Waals surface area contributed by atoms with E-state index in [0.29, 0.717) is 0 Å². The molecule has 1 amide bonds. The predicted octanol–water partition coefficient (Wildman–Crippen LogP) is 2.23. The average molecular weight is 294 g/mol. The molecule has 6 nitrogen and oxygen atoms in total. The lowest BCUT2D eigenvalue weighted by molar-refractivity contribution is -0.150. The van der Waals surface area contributed by atoms with Crippen molar-refractivity contribution in [2.45, 2.75) is 45.9 Å². The molecule has 6 heteroatoms. The summed E-state index contributed by atoms with van der Waals surface area (Å²) in [5, 5.41) is 0.735. The van der Waals surface area contributed by atoms with Crippen LogP contribution < -0.4 is 5.84 Å². The zero-order valence-electron chi connectivity index (χ0n) is 12.8. The summed E-state index contributed by atoms with van der Waals surface area (Å²) in [6.45, 7) is 6.77. The Balaban J connectivity index is 2.51. The number of hydrazine groups is 1. The van der Waals surface area contributed by atoms with Crippen molar-refractivity contribution in [2.24, 2.45) is 5.84 Å². The predicted molar refractivity (Wildman–Crippen MR) is 78.0 cm³/mol. The first kappa shape index (κ1) is 17.0. The summed E-state index contributed by atoms with van der Waals surface area (Å²) in [7, 11) is 0. The number of nitrogens with two attached hydrogens (primary N) is 1. The summed E-state index contributed by atoms with van der Waals surface area (Å²) in [5.74, 6) is 5.01. The summed E-state index contributed by atoms with van der Waals surface area (Å²) < 4.78 is 10.2. The van der Waals surface area contributed by atoms with E-state index < -0.39 is 23.7 Å². The Kier molecular flexibility index (Phi) is 5.72. The highest BCUT2D eigenvalue weighted by atomic mass is 16.6. The molecule has 21 heavy (non-hydrogen) atoms. The second-order valence-electron chi connectivity index (χ2n) is 5.66. The number of carbonyl (C=O) groups is 2. The zero-order valence-corrected chi connectivity index (χ0v) is 12.8. The standard InChI is InChI=1S/C15H22N2O4/c1-11(17(16)14(19)21-15(2,3)4)13(18)20-10-12-8-6-5-7-9-12/h5-9,11H,10,16H2,1-4H3/t11-/m1/s1. The first-order chi connectivity index (χ1) is 9.70. The minimum atomic E-state index is -0.927. The fraction of sp³-hybridized carbons (Fsp3) is 0.467. The molecule has 0 fully saturated rings. The van der Waals surface area contributed by atoms with Crippen LogP contribution in [0.1, 0.15) is 33.3 Å². The number of hydrogen-bond donors (Lipinski definition) is 1. The monoisotopic (exact) mass is 294 g/mol. The second-order valence-corrected chi connectivity index (χ2v) is 5.66. The summed E-state index contributed by atoms with van der Waals surface area (Å²) in [6.07, 6.45) is -0.772. The van der Waals surface area contributed by atoms with E-state index in [1.54, 1.807) is 20.8 Å². The van der Waals surface area contributed by atoms with Gasteiger partial charge in [0.05, 0.1) is 0 Å². The molecular formula is C15H22N2O4. The number of ether oxygens (including phenoxy) is 2. The van der Waals surface area contributed by atoms with Crippen molar-refractivity contribution in [3.63, 3.8) is 0 Å². The van der Waals surface area contributed by atoms with E-state index in [4.69, 9.17) is 15.3 Å². The second kappa shape index (κ2) is 7.08. The van der Waals surface area contributed by atoms with E-state index in [1.807, 2.05) is 30.3 Å². The number of carbonyl (C=O) groups excluding carboxylic acids is 2. The van der Waals surface area contributed by atoms with Gasteiger partial charge in [0.2, 0.25) is 0 Å². The van der Waals surface area contributed by atoms with Gasteiger partial charge in [-0.2, -0.15) is 0 Å². The van der Waals surface area contributed by atoms with Gasteiger partial charge in [-0.15, -0.1) is 0 Å². The van der Waals surface area contributed by atoms with Gasteiger partial charge in [-0.25, -0.2) is 20.4 Å². The fourth-order valence-electron chi connectivity index (χ4n) is 1.44. The molecule has 0 spiro atoms. The largest absolute Gasteiger partial charge is 0.459 e. The van der Waals surface area contributed by atoms with Gasteiger partial charge in [0, 0.05) is 0 Å². The lowest BCUT2D eigenvalue weighted by Crippen LogP contribution is -2.50. The van der Waals surface area contributed by atoms with Crippen LogP contribution in [0.15, 0.2) is 30.3 Å². The Morgan fingerprint density at radius 3 is 2.33 bits per heavy atom. The Bertz CT molecular complexity index is 482. The highest BCUT2D eigenvalue weighted by Crippen LogP contribution is 2.10. The number of benzene rings is 1.